The first-order valence-electron chi connectivity index (χ1n) is 7.49. The van der Waals surface area contributed by atoms with Crippen LogP contribution in [-0.4, -0.2) is 40.9 Å². The minimum Gasteiger partial charge on any atom is -0.396 e. The van der Waals surface area contributed by atoms with Crippen LogP contribution in [0.15, 0.2) is 24.3 Å². The van der Waals surface area contributed by atoms with Crippen molar-refractivity contribution in [3.63, 3.8) is 0 Å². The smallest absolute Gasteiger partial charge is 0.128 e. The van der Waals surface area contributed by atoms with E-state index in [0.29, 0.717) is 18.0 Å². The SMILES string of the molecule is OCCC1CCCCN1CCC(O)c1ccccc1F. The first-order chi connectivity index (χ1) is 9.72. The molecular weight excluding hydrogens is 257 g/mol. The fourth-order valence-electron chi connectivity index (χ4n) is 3.02. The highest BCUT2D eigenvalue weighted by Crippen LogP contribution is 2.24. The van der Waals surface area contributed by atoms with Gasteiger partial charge in [-0.15, -0.1) is 0 Å². The van der Waals surface area contributed by atoms with E-state index in [1.54, 1.807) is 18.2 Å². The van der Waals surface area contributed by atoms with E-state index in [2.05, 4.69) is 4.90 Å². The molecule has 0 bridgehead atoms. The van der Waals surface area contributed by atoms with Crippen molar-refractivity contribution in [3.8, 4) is 0 Å². The number of rotatable bonds is 6. The van der Waals surface area contributed by atoms with Crippen LogP contribution in [0.5, 0.6) is 0 Å². The van der Waals surface area contributed by atoms with Crippen LogP contribution in [0.1, 0.15) is 43.8 Å². The largest absolute Gasteiger partial charge is 0.396 e. The van der Waals surface area contributed by atoms with Gasteiger partial charge in [0.1, 0.15) is 5.82 Å². The van der Waals surface area contributed by atoms with E-state index in [0.717, 1.165) is 32.4 Å². The van der Waals surface area contributed by atoms with Gasteiger partial charge in [0.25, 0.3) is 0 Å². The Morgan fingerprint density at radius 3 is 2.85 bits per heavy atom. The third-order valence-electron chi connectivity index (χ3n) is 4.17. The van der Waals surface area contributed by atoms with Gasteiger partial charge in [-0.1, -0.05) is 24.6 Å². The molecule has 1 aromatic rings. The average molecular weight is 281 g/mol. The van der Waals surface area contributed by atoms with Gasteiger partial charge >= 0.3 is 0 Å². The highest BCUT2D eigenvalue weighted by molar-refractivity contribution is 5.19. The summed E-state index contributed by atoms with van der Waals surface area (Å²) in [7, 11) is 0. The van der Waals surface area contributed by atoms with Crippen LogP contribution in [-0.2, 0) is 0 Å². The lowest BCUT2D eigenvalue weighted by Gasteiger charge is -2.36. The summed E-state index contributed by atoms with van der Waals surface area (Å²) in [5.74, 6) is -0.342. The zero-order chi connectivity index (χ0) is 14.4. The Balaban J connectivity index is 1.88. The summed E-state index contributed by atoms with van der Waals surface area (Å²) < 4.78 is 13.6. The van der Waals surface area contributed by atoms with Crippen LogP contribution in [0.25, 0.3) is 0 Å². The Kier molecular flexibility index (Phi) is 5.95. The van der Waals surface area contributed by atoms with Crippen molar-refractivity contribution in [2.24, 2.45) is 0 Å². The molecule has 0 saturated carbocycles. The van der Waals surface area contributed by atoms with Crippen molar-refractivity contribution < 1.29 is 14.6 Å². The minimum atomic E-state index is -0.757. The van der Waals surface area contributed by atoms with Gasteiger partial charge in [-0.2, -0.15) is 0 Å². The quantitative estimate of drug-likeness (QED) is 0.842. The Hall–Kier alpha value is -0.970. The van der Waals surface area contributed by atoms with Gasteiger partial charge < -0.3 is 15.1 Å². The van der Waals surface area contributed by atoms with Crippen LogP contribution in [0.3, 0.4) is 0 Å². The van der Waals surface area contributed by atoms with Crippen molar-refractivity contribution in [3.05, 3.63) is 35.6 Å². The number of hydrogen-bond acceptors (Lipinski definition) is 3. The summed E-state index contributed by atoms with van der Waals surface area (Å²) in [5.41, 5.74) is 0.378. The molecule has 1 heterocycles. The van der Waals surface area contributed by atoms with Crippen molar-refractivity contribution in [2.45, 2.75) is 44.2 Å². The third kappa shape index (κ3) is 4.01. The average Bonchev–Trinajstić information content (AvgIpc) is 2.47. The van der Waals surface area contributed by atoms with E-state index in [1.807, 2.05) is 0 Å². The standard InChI is InChI=1S/C16H24FNO2/c17-15-7-2-1-6-14(15)16(20)8-11-18-10-4-3-5-13(18)9-12-19/h1-2,6-7,13,16,19-20H,3-5,8-12H2. The number of nitrogens with zero attached hydrogens (tertiary/aromatic N) is 1. The zero-order valence-corrected chi connectivity index (χ0v) is 11.8. The van der Waals surface area contributed by atoms with E-state index < -0.39 is 6.10 Å². The Morgan fingerprint density at radius 1 is 1.30 bits per heavy atom. The summed E-state index contributed by atoms with van der Waals surface area (Å²) in [4.78, 5) is 2.32. The zero-order valence-electron chi connectivity index (χ0n) is 11.8. The second-order valence-corrected chi connectivity index (χ2v) is 5.52. The lowest BCUT2D eigenvalue weighted by Crippen LogP contribution is -2.41. The molecule has 3 nitrogen and oxygen atoms in total. The van der Waals surface area contributed by atoms with Crippen molar-refractivity contribution in [2.75, 3.05) is 19.7 Å². The van der Waals surface area contributed by atoms with Crippen LogP contribution in [0.2, 0.25) is 0 Å². The molecule has 2 atom stereocenters. The molecule has 2 rings (SSSR count). The summed E-state index contributed by atoms with van der Waals surface area (Å²) in [6.45, 7) is 1.96. The van der Waals surface area contributed by atoms with Crippen molar-refractivity contribution >= 4 is 0 Å². The van der Waals surface area contributed by atoms with Crippen molar-refractivity contribution in [1.29, 1.82) is 0 Å². The molecular formula is C16H24FNO2. The van der Waals surface area contributed by atoms with E-state index in [1.165, 1.54) is 12.5 Å². The van der Waals surface area contributed by atoms with Gasteiger partial charge in [0, 0.05) is 24.8 Å². The summed E-state index contributed by atoms with van der Waals surface area (Å²) in [6.07, 6.45) is 4.04. The first-order valence-corrected chi connectivity index (χ1v) is 7.49. The summed E-state index contributed by atoms with van der Waals surface area (Å²) >= 11 is 0. The summed E-state index contributed by atoms with van der Waals surface area (Å²) in [5, 5.41) is 19.2. The predicted molar refractivity (Wildman–Crippen MR) is 76.9 cm³/mol. The van der Waals surface area contributed by atoms with Gasteiger partial charge in [-0.05, 0) is 38.3 Å². The van der Waals surface area contributed by atoms with Gasteiger partial charge in [0.2, 0.25) is 0 Å². The maximum Gasteiger partial charge on any atom is 0.128 e. The maximum absolute atomic E-state index is 13.6. The molecule has 112 valence electrons. The molecule has 1 aliphatic heterocycles. The van der Waals surface area contributed by atoms with Gasteiger partial charge in [0.05, 0.1) is 6.10 Å². The number of benzene rings is 1. The molecule has 2 unspecified atom stereocenters. The number of aliphatic hydroxyl groups is 2. The van der Waals surface area contributed by atoms with Gasteiger partial charge in [-0.25, -0.2) is 4.39 Å². The molecule has 0 spiro atoms. The van der Waals surface area contributed by atoms with Crippen LogP contribution >= 0.6 is 0 Å². The lowest BCUT2D eigenvalue weighted by molar-refractivity contribution is 0.0879. The molecule has 0 radical (unpaired) electrons. The van der Waals surface area contributed by atoms with E-state index in [-0.39, 0.29) is 12.4 Å². The molecule has 4 heteroatoms. The van der Waals surface area contributed by atoms with Crippen molar-refractivity contribution in [1.82, 2.24) is 4.90 Å². The molecule has 1 fully saturated rings. The number of likely N-dealkylation sites (tertiary alicyclic amines) is 1. The fraction of sp³-hybridized carbons (Fsp3) is 0.625. The second-order valence-electron chi connectivity index (χ2n) is 5.52. The second kappa shape index (κ2) is 7.72. The first kappa shape index (κ1) is 15.4. The van der Waals surface area contributed by atoms with Crippen LogP contribution in [0, 0.1) is 5.82 Å². The minimum absolute atomic E-state index is 0.205. The molecule has 20 heavy (non-hydrogen) atoms. The molecule has 1 saturated heterocycles. The Morgan fingerprint density at radius 2 is 2.10 bits per heavy atom. The molecule has 0 amide bonds. The molecule has 1 aromatic carbocycles. The normalized spacial score (nSPS) is 21.9. The van der Waals surface area contributed by atoms with Crippen LogP contribution in [0.4, 0.5) is 4.39 Å². The number of halogens is 1. The lowest BCUT2D eigenvalue weighted by atomic mass is 9.98. The van der Waals surface area contributed by atoms with E-state index >= 15 is 0 Å². The Bertz CT molecular complexity index is 411. The van der Waals surface area contributed by atoms with E-state index in [9.17, 15) is 9.50 Å². The van der Waals surface area contributed by atoms with Gasteiger partial charge in [-0.3, -0.25) is 0 Å². The third-order valence-corrected chi connectivity index (χ3v) is 4.17. The molecule has 2 N–H and O–H groups in total. The number of piperidine rings is 1. The monoisotopic (exact) mass is 281 g/mol. The van der Waals surface area contributed by atoms with Crippen LogP contribution < -0.4 is 0 Å². The maximum atomic E-state index is 13.6. The van der Waals surface area contributed by atoms with Gasteiger partial charge in [0.15, 0.2) is 0 Å². The molecule has 0 aromatic heterocycles. The molecule has 0 aliphatic carbocycles. The topological polar surface area (TPSA) is 43.7 Å². The van der Waals surface area contributed by atoms with E-state index in [4.69, 9.17) is 5.11 Å². The predicted octanol–water partition coefficient (Wildman–Crippen LogP) is 2.49. The Labute approximate surface area is 120 Å². The fourth-order valence-corrected chi connectivity index (χ4v) is 3.02. The molecule has 1 aliphatic rings. The highest BCUT2D eigenvalue weighted by atomic mass is 19.1. The highest BCUT2D eigenvalue weighted by Gasteiger charge is 2.23. The number of aliphatic hydroxyl groups excluding tert-OH is 2. The number of hydrogen-bond donors (Lipinski definition) is 2. The summed E-state index contributed by atoms with van der Waals surface area (Å²) in [6, 6.07) is 6.81.